The number of nitrogens with one attached hydrogen (secondary N) is 1. The topological polar surface area (TPSA) is 65.8 Å². The number of benzene rings is 1. The summed E-state index contributed by atoms with van der Waals surface area (Å²) in [5, 5.41) is 2.76. The third-order valence-electron chi connectivity index (χ3n) is 4.35. The van der Waals surface area contributed by atoms with Crippen molar-refractivity contribution in [1.82, 2.24) is 15.1 Å². The van der Waals surface area contributed by atoms with Gasteiger partial charge < -0.3 is 19.5 Å². The van der Waals surface area contributed by atoms with Crippen molar-refractivity contribution in [3.05, 3.63) is 65.7 Å². The lowest BCUT2D eigenvalue weighted by Crippen LogP contribution is -2.40. The monoisotopic (exact) mass is 353 g/mol. The summed E-state index contributed by atoms with van der Waals surface area (Å²) in [6.45, 7) is 3.07. The summed E-state index contributed by atoms with van der Waals surface area (Å²) in [7, 11) is 2.05. The summed E-state index contributed by atoms with van der Waals surface area (Å²) in [6.07, 6.45) is 4.02. The van der Waals surface area contributed by atoms with Crippen LogP contribution in [-0.4, -0.2) is 54.8 Å². The lowest BCUT2D eigenvalue weighted by Gasteiger charge is -2.22. The minimum atomic E-state index is -0.316. The van der Waals surface area contributed by atoms with Gasteiger partial charge in [-0.15, -0.1) is 0 Å². The second-order valence-corrected chi connectivity index (χ2v) is 6.34. The molecule has 136 valence electrons. The molecule has 0 spiro atoms. The zero-order valence-corrected chi connectivity index (χ0v) is 14.9. The number of nitrogens with zero attached hydrogens (tertiary/aromatic N) is 2. The lowest BCUT2D eigenvalue weighted by atomic mass is 10.2. The van der Waals surface area contributed by atoms with Gasteiger partial charge in [0.25, 0.3) is 11.8 Å². The number of hydrogen-bond donors (Lipinski definition) is 1. The molecule has 0 atom stereocenters. The molecule has 0 aliphatic carbocycles. The van der Waals surface area contributed by atoms with E-state index in [0.717, 1.165) is 19.5 Å². The molecular formula is C20H23N3O3. The highest BCUT2D eigenvalue weighted by Gasteiger charge is 2.23. The molecule has 1 N–H and O–H groups in total. The van der Waals surface area contributed by atoms with Crippen LogP contribution in [0.4, 0.5) is 0 Å². The predicted octanol–water partition coefficient (Wildman–Crippen LogP) is 2.21. The smallest absolute Gasteiger partial charge is 0.270 e. The number of hydrogen-bond acceptors (Lipinski definition) is 4. The van der Waals surface area contributed by atoms with Crippen LogP contribution in [0.15, 0.2) is 58.8 Å². The Kier molecular flexibility index (Phi) is 5.86. The number of carbonyl (C=O) groups excluding carboxylic acids is 2. The molecular weight excluding hydrogens is 330 g/mol. The lowest BCUT2D eigenvalue weighted by molar-refractivity contribution is -0.127. The molecule has 2 amide bonds. The van der Waals surface area contributed by atoms with Crippen molar-refractivity contribution >= 4 is 17.9 Å². The van der Waals surface area contributed by atoms with Crippen LogP contribution >= 0.6 is 0 Å². The van der Waals surface area contributed by atoms with E-state index in [9.17, 15) is 9.59 Å². The highest BCUT2D eigenvalue weighted by Crippen LogP contribution is 2.12. The standard InChI is InChI=1S/C20H23N3O3/c1-22-10-6-11-23(13-12-22)20(25)18(15-17-9-5-14-26-17)21-19(24)16-7-3-2-4-8-16/h2-5,7-9,14-15H,6,10-13H2,1H3,(H,21,24). The van der Waals surface area contributed by atoms with E-state index in [4.69, 9.17) is 4.42 Å². The number of rotatable bonds is 4. The molecule has 1 aromatic carbocycles. The van der Waals surface area contributed by atoms with Gasteiger partial charge in [0.2, 0.25) is 0 Å². The SMILES string of the molecule is CN1CCCN(C(=O)C(=Cc2ccco2)NC(=O)c2ccccc2)CC1. The van der Waals surface area contributed by atoms with Crippen LogP contribution < -0.4 is 5.32 Å². The highest BCUT2D eigenvalue weighted by molar-refractivity contribution is 6.05. The Balaban J connectivity index is 1.81. The first-order chi connectivity index (χ1) is 12.6. The predicted molar refractivity (Wildman–Crippen MR) is 99.3 cm³/mol. The number of likely N-dealkylation sites (N-methyl/N-ethyl adjacent to an activating group) is 1. The van der Waals surface area contributed by atoms with Crippen LogP contribution in [0, 0.1) is 0 Å². The maximum Gasteiger partial charge on any atom is 0.270 e. The molecule has 2 aromatic rings. The van der Waals surface area contributed by atoms with E-state index < -0.39 is 0 Å². The third kappa shape index (κ3) is 4.61. The molecule has 0 bridgehead atoms. The fourth-order valence-corrected chi connectivity index (χ4v) is 2.87. The number of amides is 2. The van der Waals surface area contributed by atoms with Gasteiger partial charge >= 0.3 is 0 Å². The Hall–Kier alpha value is -2.86. The second-order valence-electron chi connectivity index (χ2n) is 6.34. The van der Waals surface area contributed by atoms with Crippen LogP contribution in [0.1, 0.15) is 22.5 Å². The Labute approximate surface area is 153 Å². The van der Waals surface area contributed by atoms with Crippen molar-refractivity contribution in [1.29, 1.82) is 0 Å². The van der Waals surface area contributed by atoms with E-state index in [1.807, 2.05) is 13.1 Å². The fraction of sp³-hybridized carbons (Fsp3) is 0.300. The van der Waals surface area contributed by atoms with Crippen molar-refractivity contribution in [2.75, 3.05) is 33.2 Å². The highest BCUT2D eigenvalue weighted by atomic mass is 16.3. The maximum absolute atomic E-state index is 13.0. The van der Waals surface area contributed by atoms with E-state index >= 15 is 0 Å². The Morgan fingerprint density at radius 3 is 2.58 bits per heavy atom. The first-order valence-electron chi connectivity index (χ1n) is 8.73. The normalized spacial score (nSPS) is 16.2. The molecule has 1 aromatic heterocycles. The molecule has 1 saturated heterocycles. The average Bonchev–Trinajstić information content (AvgIpc) is 3.07. The second kappa shape index (κ2) is 8.49. The summed E-state index contributed by atoms with van der Waals surface area (Å²) < 4.78 is 5.32. The average molecular weight is 353 g/mol. The summed E-state index contributed by atoms with van der Waals surface area (Å²) in [6, 6.07) is 12.3. The molecule has 3 rings (SSSR count). The summed E-state index contributed by atoms with van der Waals surface area (Å²) >= 11 is 0. The van der Waals surface area contributed by atoms with Crippen molar-refractivity contribution in [3.63, 3.8) is 0 Å². The first-order valence-corrected chi connectivity index (χ1v) is 8.73. The maximum atomic E-state index is 13.0. The molecule has 1 aliphatic rings. The Bertz CT molecular complexity index is 769. The summed E-state index contributed by atoms with van der Waals surface area (Å²) in [5.74, 6) is 0.0123. The van der Waals surface area contributed by atoms with Crippen LogP contribution in [0.3, 0.4) is 0 Å². The van der Waals surface area contributed by atoms with Gasteiger partial charge in [-0.05, 0) is 44.3 Å². The minimum Gasteiger partial charge on any atom is -0.465 e. The first kappa shape index (κ1) is 17.9. The van der Waals surface area contributed by atoms with Crippen LogP contribution in [0.25, 0.3) is 6.08 Å². The summed E-state index contributed by atoms with van der Waals surface area (Å²) in [5.41, 5.74) is 0.722. The van der Waals surface area contributed by atoms with Crippen LogP contribution in [0.5, 0.6) is 0 Å². The van der Waals surface area contributed by atoms with Crippen molar-refractivity contribution in [2.45, 2.75) is 6.42 Å². The largest absolute Gasteiger partial charge is 0.465 e. The van der Waals surface area contributed by atoms with Crippen LogP contribution in [0.2, 0.25) is 0 Å². The van der Waals surface area contributed by atoms with Crippen molar-refractivity contribution < 1.29 is 14.0 Å². The quantitative estimate of drug-likeness (QED) is 0.856. The van der Waals surface area contributed by atoms with Crippen molar-refractivity contribution in [2.24, 2.45) is 0 Å². The molecule has 0 radical (unpaired) electrons. The van der Waals surface area contributed by atoms with Gasteiger partial charge in [0.1, 0.15) is 11.5 Å². The zero-order valence-electron chi connectivity index (χ0n) is 14.9. The van der Waals surface area contributed by atoms with E-state index in [-0.39, 0.29) is 17.5 Å². The van der Waals surface area contributed by atoms with Gasteiger partial charge in [-0.25, -0.2) is 0 Å². The zero-order chi connectivity index (χ0) is 18.4. The molecule has 2 heterocycles. The third-order valence-corrected chi connectivity index (χ3v) is 4.35. The van der Waals surface area contributed by atoms with Gasteiger partial charge in [-0.2, -0.15) is 0 Å². The van der Waals surface area contributed by atoms with Crippen LogP contribution in [-0.2, 0) is 4.79 Å². The van der Waals surface area contributed by atoms with E-state index in [2.05, 4.69) is 10.2 Å². The molecule has 0 saturated carbocycles. The fourth-order valence-electron chi connectivity index (χ4n) is 2.87. The van der Waals surface area contributed by atoms with Gasteiger partial charge in [0.05, 0.1) is 6.26 Å². The summed E-state index contributed by atoms with van der Waals surface area (Å²) in [4.78, 5) is 29.5. The molecule has 1 fully saturated rings. The molecule has 0 unspecified atom stereocenters. The molecule has 6 heteroatoms. The molecule has 1 aliphatic heterocycles. The number of furan rings is 1. The van der Waals surface area contributed by atoms with Gasteiger partial charge in [-0.3, -0.25) is 9.59 Å². The van der Waals surface area contributed by atoms with E-state index in [1.54, 1.807) is 47.4 Å². The minimum absolute atomic E-state index is 0.194. The molecule has 6 nitrogen and oxygen atoms in total. The molecule has 26 heavy (non-hydrogen) atoms. The Morgan fingerprint density at radius 2 is 1.85 bits per heavy atom. The van der Waals surface area contributed by atoms with E-state index in [0.29, 0.717) is 24.4 Å². The van der Waals surface area contributed by atoms with Gasteiger partial charge in [0, 0.05) is 31.3 Å². The Morgan fingerprint density at radius 1 is 1.04 bits per heavy atom. The van der Waals surface area contributed by atoms with Gasteiger partial charge in [-0.1, -0.05) is 18.2 Å². The number of carbonyl (C=O) groups is 2. The van der Waals surface area contributed by atoms with E-state index in [1.165, 1.54) is 6.26 Å². The van der Waals surface area contributed by atoms with Crippen molar-refractivity contribution in [3.8, 4) is 0 Å². The van der Waals surface area contributed by atoms with Gasteiger partial charge in [0.15, 0.2) is 0 Å².